The molecule has 0 aromatic heterocycles. The summed E-state index contributed by atoms with van der Waals surface area (Å²) < 4.78 is 0. The van der Waals surface area contributed by atoms with Crippen molar-refractivity contribution in [1.82, 2.24) is 0 Å². The van der Waals surface area contributed by atoms with Gasteiger partial charge in [0.1, 0.15) is 0 Å². The Kier molecular flexibility index (Phi) is 9.21. The van der Waals surface area contributed by atoms with Crippen LogP contribution >= 0.6 is 0 Å². The molecule has 55 heavy (non-hydrogen) atoms. The molecule has 4 nitrogen and oxygen atoms in total. The zero-order chi connectivity index (χ0) is 37.0. The summed E-state index contributed by atoms with van der Waals surface area (Å²) in [5, 5.41) is 2.44. The molecule has 4 heteroatoms. The maximum absolute atomic E-state index is 5.04. The van der Waals surface area contributed by atoms with Crippen LogP contribution in [0.3, 0.4) is 0 Å². The fourth-order valence-corrected chi connectivity index (χ4v) is 7.67. The second-order valence-corrected chi connectivity index (χ2v) is 13.7. The van der Waals surface area contributed by atoms with Gasteiger partial charge in [0.2, 0.25) is 0 Å². The van der Waals surface area contributed by atoms with E-state index in [-0.39, 0.29) is 0 Å². The average molecular weight is 707 g/mol. The Hall–Kier alpha value is -7.17. The predicted molar refractivity (Wildman–Crippen MR) is 232 cm³/mol. The van der Waals surface area contributed by atoms with E-state index in [4.69, 9.17) is 9.98 Å². The van der Waals surface area contributed by atoms with E-state index in [0.29, 0.717) is 18.2 Å². The van der Waals surface area contributed by atoms with Crippen molar-refractivity contribution in [2.75, 3.05) is 4.90 Å². The molecular weight excluding hydrogens is 669 g/mol. The molecule has 8 aromatic carbocycles. The molecule has 0 amide bonds. The molecule has 0 unspecified atom stereocenters. The third kappa shape index (κ3) is 6.78. The Morgan fingerprint density at radius 2 is 1.16 bits per heavy atom. The first kappa shape index (κ1) is 33.7. The van der Waals surface area contributed by atoms with Crippen LogP contribution in [0.1, 0.15) is 27.8 Å². The number of para-hydroxylation sites is 1. The fraction of sp³-hybridized carbons (Fsp3) is 0.0392. The third-order valence-electron chi connectivity index (χ3n) is 10.3. The molecule has 0 bridgehead atoms. The van der Waals surface area contributed by atoms with E-state index in [1.54, 1.807) is 0 Å². The van der Waals surface area contributed by atoms with Crippen molar-refractivity contribution in [3.8, 4) is 22.3 Å². The van der Waals surface area contributed by atoms with Crippen molar-refractivity contribution in [3.63, 3.8) is 0 Å². The van der Waals surface area contributed by atoms with Crippen LogP contribution in [-0.4, -0.2) is 18.4 Å². The number of benzene rings is 8. The zero-order valence-corrected chi connectivity index (χ0v) is 30.4. The van der Waals surface area contributed by atoms with E-state index < -0.39 is 0 Å². The second kappa shape index (κ2) is 15.1. The largest absolute Gasteiger partial charge is 0.310 e. The SMILES string of the molecule is C=N/C(=N\C(=N/Cc1ccc2c(c1)Cc1cccc(-c3ccc(N(c4ccccc4)c4cccc5ccccc45)cc3)c1-2)c1ccccc1)c1ccccc1. The maximum Gasteiger partial charge on any atom is 0.161 e. The molecule has 1 aliphatic rings. The number of aliphatic imine (C=N–C) groups is 3. The Bertz CT molecular complexity index is 2690. The van der Waals surface area contributed by atoms with Gasteiger partial charge in [-0.1, -0.05) is 164 Å². The van der Waals surface area contributed by atoms with E-state index in [0.717, 1.165) is 40.2 Å². The van der Waals surface area contributed by atoms with E-state index in [1.807, 2.05) is 60.7 Å². The Morgan fingerprint density at radius 3 is 1.91 bits per heavy atom. The van der Waals surface area contributed by atoms with Gasteiger partial charge < -0.3 is 4.90 Å². The standard InChI is InChI=1S/C51H38N4/c1-52-50(39-16-5-2-6-17-39)54-51(40-18-7-3-8-19-40)53-35-36-27-32-47-42(33-36)34-41-21-13-25-46(49(41)47)38-28-30-44(31-29-38)55(43-22-9-4-10-23-43)48-26-14-20-37-15-11-12-24-45(37)48/h2-33H,1,34-35H2/b53-51-,54-50-. The number of fused-ring (bicyclic) bond motifs is 4. The summed E-state index contributed by atoms with van der Waals surface area (Å²) in [6.45, 7) is 4.30. The van der Waals surface area contributed by atoms with E-state index in [2.05, 4.69) is 150 Å². The Morgan fingerprint density at radius 1 is 0.527 bits per heavy atom. The lowest BCUT2D eigenvalue weighted by atomic mass is 9.93. The number of anilines is 3. The van der Waals surface area contributed by atoms with Gasteiger partial charge in [-0.15, -0.1) is 0 Å². The van der Waals surface area contributed by atoms with Crippen LogP contribution in [0.5, 0.6) is 0 Å². The van der Waals surface area contributed by atoms with Gasteiger partial charge in [0.25, 0.3) is 0 Å². The van der Waals surface area contributed by atoms with Crippen LogP contribution in [0.25, 0.3) is 33.0 Å². The molecule has 8 aromatic rings. The minimum atomic E-state index is 0.500. The van der Waals surface area contributed by atoms with Gasteiger partial charge in [-0.25, -0.2) is 9.98 Å². The monoisotopic (exact) mass is 706 g/mol. The highest BCUT2D eigenvalue weighted by atomic mass is 15.1. The highest BCUT2D eigenvalue weighted by Crippen LogP contribution is 2.45. The summed E-state index contributed by atoms with van der Waals surface area (Å²) in [4.78, 5) is 16.5. The first-order chi connectivity index (χ1) is 27.2. The molecule has 9 rings (SSSR count). The van der Waals surface area contributed by atoms with Crippen molar-refractivity contribution >= 4 is 46.2 Å². The lowest BCUT2D eigenvalue weighted by Crippen LogP contribution is -2.10. The van der Waals surface area contributed by atoms with Crippen LogP contribution in [0.2, 0.25) is 0 Å². The molecule has 0 radical (unpaired) electrons. The molecule has 0 saturated carbocycles. The molecule has 0 heterocycles. The molecule has 0 aliphatic heterocycles. The van der Waals surface area contributed by atoms with Crippen LogP contribution in [-0.2, 0) is 13.0 Å². The topological polar surface area (TPSA) is 40.3 Å². The van der Waals surface area contributed by atoms with Gasteiger partial charge in [0.15, 0.2) is 11.7 Å². The summed E-state index contributed by atoms with van der Waals surface area (Å²) in [7, 11) is 0. The van der Waals surface area contributed by atoms with Crippen LogP contribution < -0.4 is 4.90 Å². The molecular formula is C51H38N4. The molecule has 0 fully saturated rings. The highest BCUT2D eigenvalue weighted by molar-refractivity contribution is 6.12. The van der Waals surface area contributed by atoms with E-state index >= 15 is 0 Å². The number of nitrogens with zero attached hydrogens (tertiary/aromatic N) is 4. The van der Waals surface area contributed by atoms with Crippen LogP contribution in [0, 0.1) is 0 Å². The second-order valence-electron chi connectivity index (χ2n) is 13.7. The lowest BCUT2D eigenvalue weighted by Gasteiger charge is -2.27. The van der Waals surface area contributed by atoms with Crippen LogP contribution in [0.15, 0.2) is 209 Å². The molecule has 1 aliphatic carbocycles. The summed E-state index contributed by atoms with van der Waals surface area (Å²) in [6, 6.07) is 68.2. The quantitative estimate of drug-likeness (QED) is 0.115. The predicted octanol–water partition coefficient (Wildman–Crippen LogP) is 12.6. The Balaban J connectivity index is 1.03. The lowest BCUT2D eigenvalue weighted by molar-refractivity contribution is 1.05. The average Bonchev–Trinajstić information content (AvgIpc) is 3.63. The fourth-order valence-electron chi connectivity index (χ4n) is 7.67. The molecule has 0 N–H and O–H groups in total. The first-order valence-corrected chi connectivity index (χ1v) is 18.6. The number of hydrogen-bond donors (Lipinski definition) is 0. The third-order valence-corrected chi connectivity index (χ3v) is 10.3. The maximum atomic E-state index is 5.04. The minimum Gasteiger partial charge on any atom is -0.310 e. The summed E-state index contributed by atoms with van der Waals surface area (Å²) in [5.74, 6) is 1.18. The normalized spacial score (nSPS) is 12.3. The molecule has 0 atom stereocenters. The van der Waals surface area contributed by atoms with Crippen molar-refractivity contribution in [1.29, 1.82) is 0 Å². The van der Waals surface area contributed by atoms with E-state index in [9.17, 15) is 0 Å². The van der Waals surface area contributed by atoms with Crippen molar-refractivity contribution < 1.29 is 0 Å². The van der Waals surface area contributed by atoms with Crippen molar-refractivity contribution in [2.45, 2.75) is 13.0 Å². The van der Waals surface area contributed by atoms with Crippen LogP contribution in [0.4, 0.5) is 17.1 Å². The summed E-state index contributed by atoms with van der Waals surface area (Å²) >= 11 is 0. The molecule has 262 valence electrons. The van der Waals surface area contributed by atoms with Gasteiger partial charge in [-0.3, -0.25) is 4.99 Å². The van der Waals surface area contributed by atoms with Crippen molar-refractivity contribution in [3.05, 3.63) is 222 Å². The number of rotatable bonds is 8. The smallest absolute Gasteiger partial charge is 0.161 e. The zero-order valence-electron chi connectivity index (χ0n) is 30.4. The van der Waals surface area contributed by atoms with Gasteiger partial charge in [0.05, 0.1) is 12.2 Å². The van der Waals surface area contributed by atoms with E-state index in [1.165, 1.54) is 44.2 Å². The highest BCUT2D eigenvalue weighted by Gasteiger charge is 2.23. The van der Waals surface area contributed by atoms with Gasteiger partial charge in [0, 0.05) is 27.9 Å². The van der Waals surface area contributed by atoms with Gasteiger partial charge in [-0.05, 0) is 87.8 Å². The summed E-state index contributed by atoms with van der Waals surface area (Å²) in [6.07, 6.45) is 0.888. The van der Waals surface area contributed by atoms with Gasteiger partial charge in [-0.2, -0.15) is 0 Å². The summed E-state index contributed by atoms with van der Waals surface area (Å²) in [5.41, 5.74) is 14.1. The molecule has 0 saturated heterocycles. The minimum absolute atomic E-state index is 0.500. The van der Waals surface area contributed by atoms with Crippen molar-refractivity contribution in [2.24, 2.45) is 15.0 Å². The van der Waals surface area contributed by atoms with Gasteiger partial charge >= 0.3 is 0 Å². The number of amidine groups is 2. The number of hydrogen-bond acceptors (Lipinski definition) is 2. The molecule has 0 spiro atoms. The first-order valence-electron chi connectivity index (χ1n) is 18.6. The Labute approximate surface area is 322 Å².